The molecule has 0 saturated heterocycles. The van der Waals surface area contributed by atoms with Crippen LogP contribution in [-0.4, -0.2) is 22.0 Å². The molecule has 0 fully saturated rings. The van der Waals surface area contributed by atoms with E-state index in [-0.39, 0.29) is 17.7 Å². The van der Waals surface area contributed by atoms with E-state index in [1.807, 2.05) is 6.92 Å². The minimum Gasteiger partial charge on any atom is -0.475 e. The van der Waals surface area contributed by atoms with Crippen molar-refractivity contribution in [2.24, 2.45) is 0 Å². The number of aromatic carboxylic acids is 1. The standard InChI is InChI=1S/C8H10N2O4/c1-2-3-6(11)10-8-9-4-5(14-8)7(12)13/h4H,2-3H2,1H3,(H,12,13)(H,9,10,11). The highest BCUT2D eigenvalue weighted by Gasteiger charge is 2.11. The number of amides is 1. The number of carbonyl (C=O) groups is 2. The highest BCUT2D eigenvalue weighted by molar-refractivity contribution is 5.89. The predicted molar refractivity (Wildman–Crippen MR) is 47.0 cm³/mol. The first-order valence-corrected chi connectivity index (χ1v) is 4.12. The van der Waals surface area contributed by atoms with Crippen LogP contribution in [-0.2, 0) is 4.79 Å². The van der Waals surface area contributed by atoms with Crippen molar-refractivity contribution >= 4 is 17.9 Å². The maximum Gasteiger partial charge on any atom is 0.373 e. The number of rotatable bonds is 4. The molecule has 0 radical (unpaired) electrons. The summed E-state index contributed by atoms with van der Waals surface area (Å²) >= 11 is 0. The molecule has 1 aromatic rings. The molecule has 0 saturated carbocycles. The van der Waals surface area contributed by atoms with Gasteiger partial charge in [0.2, 0.25) is 11.7 Å². The summed E-state index contributed by atoms with van der Waals surface area (Å²) in [6, 6.07) is -0.0825. The van der Waals surface area contributed by atoms with Crippen molar-refractivity contribution in [1.29, 1.82) is 0 Å². The van der Waals surface area contributed by atoms with Gasteiger partial charge in [0.05, 0.1) is 6.20 Å². The van der Waals surface area contributed by atoms with E-state index in [0.29, 0.717) is 12.8 Å². The summed E-state index contributed by atoms with van der Waals surface area (Å²) in [5.74, 6) is -1.75. The second-order valence-electron chi connectivity index (χ2n) is 2.63. The van der Waals surface area contributed by atoms with Crippen LogP contribution >= 0.6 is 0 Å². The van der Waals surface area contributed by atoms with Gasteiger partial charge in [-0.25, -0.2) is 9.78 Å². The summed E-state index contributed by atoms with van der Waals surface area (Å²) in [7, 11) is 0. The molecule has 0 aromatic carbocycles. The molecule has 1 aromatic heterocycles. The van der Waals surface area contributed by atoms with Crippen molar-refractivity contribution in [3.8, 4) is 0 Å². The van der Waals surface area contributed by atoms with Crippen molar-refractivity contribution in [3.05, 3.63) is 12.0 Å². The van der Waals surface area contributed by atoms with Gasteiger partial charge < -0.3 is 9.52 Å². The molecular weight excluding hydrogens is 188 g/mol. The molecule has 0 aliphatic heterocycles. The number of nitrogens with zero attached hydrogens (tertiary/aromatic N) is 1. The number of aromatic nitrogens is 1. The second kappa shape index (κ2) is 4.40. The lowest BCUT2D eigenvalue weighted by molar-refractivity contribution is -0.116. The van der Waals surface area contributed by atoms with E-state index in [4.69, 9.17) is 9.52 Å². The van der Waals surface area contributed by atoms with Crippen LogP contribution in [0.15, 0.2) is 10.6 Å². The maximum atomic E-state index is 11.0. The van der Waals surface area contributed by atoms with Crippen molar-refractivity contribution in [2.45, 2.75) is 19.8 Å². The molecule has 1 heterocycles. The van der Waals surface area contributed by atoms with Crippen LogP contribution in [0.5, 0.6) is 0 Å². The summed E-state index contributed by atoms with van der Waals surface area (Å²) in [5.41, 5.74) is 0. The Kier molecular flexibility index (Phi) is 3.22. The zero-order chi connectivity index (χ0) is 10.6. The predicted octanol–water partition coefficient (Wildman–Crippen LogP) is 1.11. The topological polar surface area (TPSA) is 92.4 Å². The normalized spacial score (nSPS) is 9.79. The molecule has 0 spiro atoms. The second-order valence-corrected chi connectivity index (χ2v) is 2.63. The Balaban J connectivity index is 2.59. The molecule has 6 heteroatoms. The molecule has 0 aliphatic carbocycles. The molecule has 0 aliphatic rings. The minimum atomic E-state index is -1.21. The molecule has 0 atom stereocenters. The quantitative estimate of drug-likeness (QED) is 0.755. The van der Waals surface area contributed by atoms with Gasteiger partial charge in [-0.2, -0.15) is 0 Å². The van der Waals surface area contributed by atoms with Crippen LogP contribution in [0.1, 0.15) is 30.3 Å². The van der Waals surface area contributed by atoms with E-state index in [0.717, 1.165) is 6.20 Å². The van der Waals surface area contributed by atoms with Crippen LogP contribution in [0.25, 0.3) is 0 Å². The first-order valence-electron chi connectivity index (χ1n) is 4.12. The summed E-state index contributed by atoms with van der Waals surface area (Å²) in [6.07, 6.45) is 2.10. The number of oxazole rings is 1. The number of nitrogens with one attached hydrogen (secondary N) is 1. The van der Waals surface area contributed by atoms with Gasteiger partial charge in [0.25, 0.3) is 0 Å². The Morgan fingerprint density at radius 2 is 2.36 bits per heavy atom. The lowest BCUT2D eigenvalue weighted by Gasteiger charge is -1.96. The third kappa shape index (κ3) is 2.58. The molecule has 76 valence electrons. The van der Waals surface area contributed by atoms with Crippen molar-refractivity contribution in [2.75, 3.05) is 5.32 Å². The largest absolute Gasteiger partial charge is 0.475 e. The number of hydrogen-bond acceptors (Lipinski definition) is 4. The van der Waals surface area contributed by atoms with E-state index in [2.05, 4.69) is 10.3 Å². The van der Waals surface area contributed by atoms with Crippen molar-refractivity contribution in [3.63, 3.8) is 0 Å². The lowest BCUT2D eigenvalue weighted by Crippen LogP contribution is -2.10. The van der Waals surface area contributed by atoms with Gasteiger partial charge in [0, 0.05) is 6.42 Å². The Bertz CT molecular complexity index is 345. The van der Waals surface area contributed by atoms with Gasteiger partial charge in [-0.1, -0.05) is 6.92 Å². The van der Waals surface area contributed by atoms with E-state index >= 15 is 0 Å². The van der Waals surface area contributed by atoms with Gasteiger partial charge in [0.15, 0.2) is 0 Å². The summed E-state index contributed by atoms with van der Waals surface area (Å²) in [5, 5.41) is 10.8. The summed E-state index contributed by atoms with van der Waals surface area (Å²) in [6.45, 7) is 1.86. The fraction of sp³-hybridized carbons (Fsp3) is 0.375. The number of carbonyl (C=O) groups excluding carboxylic acids is 1. The molecule has 1 rings (SSSR count). The first kappa shape index (κ1) is 10.2. The highest BCUT2D eigenvalue weighted by Crippen LogP contribution is 2.08. The van der Waals surface area contributed by atoms with E-state index in [9.17, 15) is 9.59 Å². The van der Waals surface area contributed by atoms with Crippen molar-refractivity contribution < 1.29 is 19.1 Å². The van der Waals surface area contributed by atoms with E-state index in [1.165, 1.54) is 0 Å². The molecule has 14 heavy (non-hydrogen) atoms. The number of carboxylic acid groups (broad SMARTS) is 1. The third-order valence-corrected chi connectivity index (χ3v) is 1.44. The summed E-state index contributed by atoms with van der Waals surface area (Å²) in [4.78, 5) is 25.0. The van der Waals surface area contributed by atoms with Crippen molar-refractivity contribution in [1.82, 2.24) is 4.98 Å². The van der Waals surface area contributed by atoms with Gasteiger partial charge in [0.1, 0.15) is 0 Å². The highest BCUT2D eigenvalue weighted by atomic mass is 16.4. The average molecular weight is 198 g/mol. The van der Waals surface area contributed by atoms with Crippen LogP contribution in [0, 0.1) is 0 Å². The maximum absolute atomic E-state index is 11.0. The zero-order valence-corrected chi connectivity index (χ0v) is 7.61. The third-order valence-electron chi connectivity index (χ3n) is 1.44. The molecule has 0 bridgehead atoms. The van der Waals surface area contributed by atoms with Gasteiger partial charge in [-0.15, -0.1) is 0 Å². The van der Waals surface area contributed by atoms with E-state index in [1.54, 1.807) is 0 Å². The number of hydrogen-bond donors (Lipinski definition) is 2. The van der Waals surface area contributed by atoms with Gasteiger partial charge >= 0.3 is 12.0 Å². The molecule has 1 amide bonds. The first-order chi connectivity index (χ1) is 6.63. The van der Waals surface area contributed by atoms with Crippen LogP contribution < -0.4 is 5.32 Å². The Morgan fingerprint density at radius 1 is 1.64 bits per heavy atom. The molecule has 0 unspecified atom stereocenters. The summed E-state index contributed by atoms with van der Waals surface area (Å²) < 4.78 is 4.72. The number of carboxylic acids is 1. The van der Waals surface area contributed by atoms with Crippen LogP contribution in [0.2, 0.25) is 0 Å². The Morgan fingerprint density at radius 3 is 2.86 bits per heavy atom. The molecule has 2 N–H and O–H groups in total. The minimum absolute atomic E-state index is 0.0825. The number of anilines is 1. The lowest BCUT2D eigenvalue weighted by atomic mass is 10.3. The van der Waals surface area contributed by atoms with Crippen LogP contribution in [0.3, 0.4) is 0 Å². The average Bonchev–Trinajstić information content (AvgIpc) is 2.53. The Hall–Kier alpha value is -1.85. The van der Waals surface area contributed by atoms with Gasteiger partial charge in [-0.3, -0.25) is 10.1 Å². The fourth-order valence-corrected chi connectivity index (χ4v) is 0.840. The van der Waals surface area contributed by atoms with E-state index < -0.39 is 5.97 Å². The van der Waals surface area contributed by atoms with Gasteiger partial charge in [-0.05, 0) is 6.42 Å². The molecular formula is C8H10N2O4. The molecule has 6 nitrogen and oxygen atoms in total. The Labute approximate surface area is 79.9 Å². The monoisotopic (exact) mass is 198 g/mol. The fourth-order valence-electron chi connectivity index (χ4n) is 0.840. The zero-order valence-electron chi connectivity index (χ0n) is 7.61. The smallest absolute Gasteiger partial charge is 0.373 e. The van der Waals surface area contributed by atoms with Crippen LogP contribution in [0.4, 0.5) is 6.01 Å². The SMILES string of the molecule is CCCC(=O)Nc1ncc(C(=O)O)o1.